The van der Waals surface area contributed by atoms with Gasteiger partial charge in [-0.25, -0.2) is 0 Å². The number of carbonyl (C=O) groups is 1. The molecule has 2 heterocycles. The molecular formula is C18H26N2O3S. The molecule has 3 rings (SSSR count). The number of thioether (sulfide) groups is 1. The number of amides is 1. The Morgan fingerprint density at radius 2 is 1.83 bits per heavy atom. The minimum absolute atomic E-state index is 0.00155. The molecular weight excluding hydrogens is 324 g/mol. The molecule has 2 saturated heterocycles. The zero-order valence-electron chi connectivity index (χ0n) is 14.7. The van der Waals surface area contributed by atoms with Gasteiger partial charge in [-0.2, -0.15) is 0 Å². The number of hydrogen-bond donors (Lipinski definition) is 0. The van der Waals surface area contributed by atoms with E-state index in [0.29, 0.717) is 11.5 Å². The molecule has 0 bridgehead atoms. The fourth-order valence-electron chi connectivity index (χ4n) is 3.42. The third-order valence-electron chi connectivity index (χ3n) is 4.80. The second-order valence-corrected chi connectivity index (χ2v) is 7.75. The zero-order chi connectivity index (χ0) is 17.1. The van der Waals surface area contributed by atoms with Crippen molar-refractivity contribution in [2.45, 2.75) is 30.4 Å². The Labute approximate surface area is 148 Å². The van der Waals surface area contributed by atoms with E-state index in [1.807, 2.05) is 30.0 Å². The predicted octanol–water partition coefficient (Wildman–Crippen LogP) is 2.76. The van der Waals surface area contributed by atoms with Crippen LogP contribution in [0.1, 0.15) is 30.7 Å². The minimum Gasteiger partial charge on any atom is -0.493 e. The second kappa shape index (κ2) is 7.66. The lowest BCUT2D eigenvalue weighted by Crippen LogP contribution is -2.37. The normalized spacial score (nSPS) is 24.6. The molecule has 0 aliphatic carbocycles. The molecule has 24 heavy (non-hydrogen) atoms. The van der Waals surface area contributed by atoms with Crippen molar-refractivity contribution in [3.63, 3.8) is 0 Å². The summed E-state index contributed by atoms with van der Waals surface area (Å²) in [6, 6.07) is 5.94. The van der Waals surface area contributed by atoms with E-state index in [1.165, 1.54) is 12.8 Å². The minimum atomic E-state index is 0.00155. The molecule has 6 heteroatoms. The summed E-state index contributed by atoms with van der Waals surface area (Å²) in [7, 11) is 3.28. The SMILES string of the molecule is COc1ccc(C2SC(C)C(=O)N2CCN2CCCC2)cc1OC. The van der Waals surface area contributed by atoms with Crippen molar-refractivity contribution in [2.24, 2.45) is 0 Å². The van der Waals surface area contributed by atoms with Gasteiger partial charge in [0.2, 0.25) is 5.91 Å². The van der Waals surface area contributed by atoms with E-state index in [2.05, 4.69) is 4.90 Å². The molecule has 2 unspecified atom stereocenters. The van der Waals surface area contributed by atoms with Gasteiger partial charge in [-0.3, -0.25) is 4.79 Å². The molecule has 0 N–H and O–H groups in total. The maximum Gasteiger partial charge on any atom is 0.236 e. The molecule has 5 nitrogen and oxygen atoms in total. The van der Waals surface area contributed by atoms with Crippen molar-refractivity contribution in [3.8, 4) is 11.5 Å². The molecule has 2 aliphatic rings. The van der Waals surface area contributed by atoms with Crippen LogP contribution in [0.15, 0.2) is 18.2 Å². The Morgan fingerprint density at radius 1 is 1.12 bits per heavy atom. The van der Waals surface area contributed by atoms with E-state index in [-0.39, 0.29) is 16.5 Å². The van der Waals surface area contributed by atoms with E-state index >= 15 is 0 Å². The van der Waals surface area contributed by atoms with Crippen molar-refractivity contribution in [2.75, 3.05) is 40.4 Å². The smallest absolute Gasteiger partial charge is 0.236 e. The van der Waals surface area contributed by atoms with E-state index < -0.39 is 0 Å². The lowest BCUT2D eigenvalue weighted by molar-refractivity contribution is -0.130. The molecule has 132 valence electrons. The summed E-state index contributed by atoms with van der Waals surface area (Å²) in [4.78, 5) is 17.1. The molecule has 1 amide bonds. The van der Waals surface area contributed by atoms with Gasteiger partial charge in [0.05, 0.1) is 19.5 Å². The van der Waals surface area contributed by atoms with Crippen LogP contribution in [-0.2, 0) is 4.79 Å². The van der Waals surface area contributed by atoms with Gasteiger partial charge in [0.15, 0.2) is 11.5 Å². The summed E-state index contributed by atoms with van der Waals surface area (Å²) in [5, 5.41) is 0.0524. The Kier molecular flexibility index (Phi) is 5.56. The van der Waals surface area contributed by atoms with Crippen LogP contribution in [0.2, 0.25) is 0 Å². The first-order chi connectivity index (χ1) is 11.6. The summed E-state index contributed by atoms with van der Waals surface area (Å²) >= 11 is 1.71. The first kappa shape index (κ1) is 17.4. The second-order valence-electron chi connectivity index (χ2n) is 6.33. The number of carbonyl (C=O) groups excluding carboxylic acids is 1. The molecule has 0 radical (unpaired) electrons. The molecule has 2 fully saturated rings. The predicted molar refractivity (Wildman–Crippen MR) is 96.7 cm³/mol. The lowest BCUT2D eigenvalue weighted by atomic mass is 10.1. The van der Waals surface area contributed by atoms with Crippen LogP contribution >= 0.6 is 11.8 Å². The van der Waals surface area contributed by atoms with Crippen LogP contribution < -0.4 is 9.47 Å². The van der Waals surface area contributed by atoms with Gasteiger partial charge < -0.3 is 19.3 Å². The standard InChI is InChI=1S/C18H26N2O3S/c1-13-17(21)20(11-10-19-8-4-5-9-19)18(24-13)14-6-7-15(22-2)16(12-14)23-3/h6-7,12-13,18H,4-5,8-11H2,1-3H3. The summed E-state index contributed by atoms with van der Waals surface area (Å²) in [5.74, 6) is 1.66. The van der Waals surface area contributed by atoms with Gasteiger partial charge in [0.25, 0.3) is 0 Å². The van der Waals surface area contributed by atoms with Crippen molar-refractivity contribution in [1.82, 2.24) is 9.80 Å². The first-order valence-electron chi connectivity index (χ1n) is 8.54. The molecule has 0 saturated carbocycles. The Balaban J connectivity index is 1.77. The van der Waals surface area contributed by atoms with Gasteiger partial charge >= 0.3 is 0 Å². The molecule has 2 atom stereocenters. The van der Waals surface area contributed by atoms with Crippen LogP contribution in [0.3, 0.4) is 0 Å². The molecule has 1 aromatic rings. The van der Waals surface area contributed by atoms with Crippen molar-refractivity contribution >= 4 is 17.7 Å². The van der Waals surface area contributed by atoms with Crippen LogP contribution in [0.4, 0.5) is 0 Å². The third kappa shape index (κ3) is 3.49. The van der Waals surface area contributed by atoms with Gasteiger partial charge in [-0.1, -0.05) is 6.07 Å². The average molecular weight is 350 g/mol. The number of methoxy groups -OCH3 is 2. The molecule has 2 aliphatic heterocycles. The highest BCUT2D eigenvalue weighted by Crippen LogP contribution is 2.44. The van der Waals surface area contributed by atoms with Gasteiger partial charge in [0, 0.05) is 13.1 Å². The molecule has 1 aromatic carbocycles. The Morgan fingerprint density at radius 3 is 2.50 bits per heavy atom. The van der Waals surface area contributed by atoms with Gasteiger partial charge in [0.1, 0.15) is 5.37 Å². The van der Waals surface area contributed by atoms with E-state index in [4.69, 9.17) is 9.47 Å². The van der Waals surface area contributed by atoms with Crippen LogP contribution in [-0.4, -0.2) is 61.4 Å². The highest BCUT2D eigenvalue weighted by atomic mass is 32.2. The summed E-state index contributed by atoms with van der Waals surface area (Å²) in [6.45, 7) is 6.06. The first-order valence-corrected chi connectivity index (χ1v) is 9.48. The van der Waals surface area contributed by atoms with Crippen molar-refractivity contribution in [3.05, 3.63) is 23.8 Å². The van der Waals surface area contributed by atoms with Crippen molar-refractivity contribution in [1.29, 1.82) is 0 Å². The largest absolute Gasteiger partial charge is 0.493 e. The summed E-state index contributed by atoms with van der Waals surface area (Å²) in [5.41, 5.74) is 1.09. The van der Waals surface area contributed by atoms with E-state index in [0.717, 1.165) is 31.7 Å². The van der Waals surface area contributed by atoms with Crippen LogP contribution in [0.5, 0.6) is 11.5 Å². The number of likely N-dealkylation sites (tertiary alicyclic amines) is 1. The summed E-state index contributed by atoms with van der Waals surface area (Å²) in [6.07, 6.45) is 2.55. The maximum absolute atomic E-state index is 12.6. The van der Waals surface area contributed by atoms with E-state index in [9.17, 15) is 4.79 Å². The maximum atomic E-state index is 12.6. The fraction of sp³-hybridized carbons (Fsp3) is 0.611. The molecule has 0 aromatic heterocycles. The Bertz CT molecular complexity index is 590. The number of hydrogen-bond acceptors (Lipinski definition) is 5. The van der Waals surface area contributed by atoms with Crippen molar-refractivity contribution < 1.29 is 14.3 Å². The number of ether oxygens (including phenoxy) is 2. The topological polar surface area (TPSA) is 42.0 Å². The fourth-order valence-corrected chi connectivity index (χ4v) is 4.72. The highest BCUT2D eigenvalue weighted by Gasteiger charge is 2.38. The average Bonchev–Trinajstić information content (AvgIpc) is 3.21. The Hall–Kier alpha value is -1.40. The number of rotatable bonds is 6. The van der Waals surface area contributed by atoms with Gasteiger partial charge in [-0.05, 0) is 50.6 Å². The van der Waals surface area contributed by atoms with Crippen LogP contribution in [0, 0.1) is 0 Å². The quantitative estimate of drug-likeness (QED) is 0.789. The van der Waals surface area contributed by atoms with Gasteiger partial charge in [-0.15, -0.1) is 11.8 Å². The van der Waals surface area contributed by atoms with E-state index in [1.54, 1.807) is 26.0 Å². The monoisotopic (exact) mass is 350 g/mol. The lowest BCUT2D eigenvalue weighted by Gasteiger charge is -2.27. The molecule has 0 spiro atoms. The van der Waals surface area contributed by atoms with Crippen LogP contribution in [0.25, 0.3) is 0 Å². The number of nitrogens with zero attached hydrogens (tertiary/aromatic N) is 2. The summed E-state index contributed by atoms with van der Waals surface area (Å²) < 4.78 is 10.7. The zero-order valence-corrected chi connectivity index (χ0v) is 15.5. The third-order valence-corrected chi connectivity index (χ3v) is 6.19. The number of benzene rings is 1. The highest BCUT2D eigenvalue weighted by molar-refractivity contribution is 8.01.